The van der Waals surface area contributed by atoms with Gasteiger partial charge in [0.1, 0.15) is 5.75 Å². The summed E-state index contributed by atoms with van der Waals surface area (Å²) in [5, 5.41) is 0. The van der Waals surface area contributed by atoms with Crippen LogP contribution in [0, 0.1) is 0 Å². The van der Waals surface area contributed by atoms with Crippen LogP contribution in [-0.2, 0) is 14.9 Å². The molecule has 0 aliphatic carbocycles. The first-order valence-corrected chi connectivity index (χ1v) is 7.61. The number of hydrogen-bond acceptors (Lipinski definition) is 5. The van der Waals surface area contributed by atoms with Crippen molar-refractivity contribution in [3.05, 3.63) is 60.2 Å². The minimum absolute atomic E-state index is 0.182. The predicted octanol–water partition coefficient (Wildman–Crippen LogP) is 2.64. The lowest BCUT2D eigenvalue weighted by Crippen LogP contribution is -2.16. The highest BCUT2D eigenvalue weighted by Gasteiger charge is 2.17. The molecule has 0 spiro atoms. The van der Waals surface area contributed by atoms with Crippen LogP contribution in [0.15, 0.2) is 59.5 Å². The number of carbonyl (C=O) groups is 1. The first kappa shape index (κ1) is 13.8. The zero-order valence-electron chi connectivity index (χ0n) is 12.2. The van der Waals surface area contributed by atoms with E-state index in [4.69, 9.17) is 6.17 Å². The number of esters is 1. The van der Waals surface area contributed by atoms with E-state index in [1.807, 2.05) is 30.3 Å². The largest absolute Gasteiger partial charge is 0.426 e. The fourth-order valence-electron chi connectivity index (χ4n) is 1.76. The molecule has 0 saturated heterocycles. The van der Waals surface area contributed by atoms with Crippen LogP contribution in [0.4, 0.5) is 0 Å². The number of benzene rings is 2. The van der Waals surface area contributed by atoms with Crippen molar-refractivity contribution in [2.45, 2.75) is 17.7 Å². The molecular formula is C15H14O5S. The Morgan fingerprint density at radius 1 is 1.14 bits per heavy atom. The van der Waals surface area contributed by atoms with E-state index < -0.39 is 22.0 Å². The van der Waals surface area contributed by atoms with Crippen molar-refractivity contribution in [1.82, 2.24) is 0 Å². The molecule has 2 rings (SSSR count). The number of carbonyl (C=O) groups excluding carboxylic acids is 1. The number of rotatable bonds is 5. The van der Waals surface area contributed by atoms with Crippen molar-refractivity contribution in [3.8, 4) is 5.75 Å². The second-order valence-electron chi connectivity index (χ2n) is 4.48. The van der Waals surface area contributed by atoms with Gasteiger partial charge in [0, 0.05) is 0 Å². The van der Waals surface area contributed by atoms with Gasteiger partial charge in [0.05, 0.1) is 10.8 Å². The Labute approximate surface area is 124 Å². The quantitative estimate of drug-likeness (QED) is 0.522. The van der Waals surface area contributed by atoms with Crippen LogP contribution in [-0.4, -0.2) is 18.9 Å². The van der Waals surface area contributed by atoms with Gasteiger partial charge in [0.2, 0.25) is 1.43 Å². The number of ether oxygens (including phenoxy) is 1. The van der Waals surface area contributed by atoms with E-state index in [-0.39, 0.29) is 10.6 Å². The molecule has 0 heterocycles. The van der Waals surface area contributed by atoms with Crippen LogP contribution in [0.2, 0.25) is 0 Å². The first-order valence-electron chi connectivity index (χ1n) is 6.61. The van der Waals surface area contributed by atoms with Gasteiger partial charge in [-0.2, -0.15) is 8.42 Å². The molecule has 0 aliphatic heterocycles. The van der Waals surface area contributed by atoms with Gasteiger partial charge in [-0.25, -0.2) is 0 Å². The van der Waals surface area contributed by atoms with Gasteiger partial charge < -0.3 is 4.74 Å². The van der Waals surface area contributed by atoms with E-state index in [1.165, 1.54) is 24.3 Å². The standard InChI is InChI=1S/C15H14O5S/c1-11(12-5-3-2-4-6-12)15(16)20-13-7-9-14(10-8-13)21(17,18)19/h2-11H,1H3,(H,17,18,19)/i/hD. The molecule has 5 nitrogen and oxygen atoms in total. The molecule has 6 heteroatoms. The second kappa shape index (κ2) is 6.07. The maximum absolute atomic E-state index is 12.1. The highest BCUT2D eigenvalue weighted by molar-refractivity contribution is 7.85. The van der Waals surface area contributed by atoms with Gasteiger partial charge in [-0.3, -0.25) is 9.35 Å². The summed E-state index contributed by atoms with van der Waals surface area (Å²) >= 11 is 0. The molecule has 1 atom stereocenters. The average Bonchev–Trinajstić information content (AvgIpc) is 2.55. The summed E-state index contributed by atoms with van der Waals surface area (Å²) in [6.07, 6.45) is 0. The molecule has 110 valence electrons. The van der Waals surface area contributed by atoms with E-state index in [2.05, 4.69) is 4.56 Å². The van der Waals surface area contributed by atoms with Crippen molar-refractivity contribution >= 4 is 16.1 Å². The monoisotopic (exact) mass is 307 g/mol. The fraction of sp³-hybridized carbons (Fsp3) is 0.133. The molecule has 0 saturated carbocycles. The predicted molar refractivity (Wildman–Crippen MR) is 76.7 cm³/mol. The third kappa shape index (κ3) is 3.90. The van der Waals surface area contributed by atoms with Crippen molar-refractivity contribution in [2.75, 3.05) is 0 Å². The first-order chi connectivity index (χ1) is 10.4. The summed E-state index contributed by atoms with van der Waals surface area (Å²) in [5.74, 6) is -0.670. The average molecular weight is 307 g/mol. The van der Waals surface area contributed by atoms with Crippen molar-refractivity contribution in [3.63, 3.8) is 0 Å². The Morgan fingerprint density at radius 2 is 1.76 bits per heavy atom. The summed E-state index contributed by atoms with van der Waals surface area (Å²) in [6, 6.07) is 14.3. The topological polar surface area (TPSA) is 80.7 Å². The van der Waals surface area contributed by atoms with Gasteiger partial charge in [0.25, 0.3) is 10.1 Å². The molecule has 0 bridgehead atoms. The van der Waals surface area contributed by atoms with Gasteiger partial charge in [0.15, 0.2) is 0 Å². The lowest BCUT2D eigenvalue weighted by atomic mass is 10.0. The Balaban J connectivity index is 2.09. The van der Waals surface area contributed by atoms with Gasteiger partial charge >= 0.3 is 5.97 Å². The Bertz CT molecular complexity index is 741. The summed E-state index contributed by atoms with van der Waals surface area (Å²) < 4.78 is 38.0. The number of hydrogen-bond donors (Lipinski definition) is 1. The zero-order valence-corrected chi connectivity index (χ0v) is 12.0. The van der Waals surface area contributed by atoms with Crippen molar-refractivity contribution < 1.29 is 22.5 Å². The van der Waals surface area contributed by atoms with Crippen LogP contribution < -0.4 is 4.74 Å². The fourth-order valence-corrected chi connectivity index (χ4v) is 2.23. The SMILES string of the molecule is [2H]OS(=O)(=O)c1ccc(OC(=O)C(C)c2ccccc2)cc1. The van der Waals surface area contributed by atoms with Crippen molar-refractivity contribution in [1.29, 1.82) is 1.43 Å². The molecular weight excluding hydrogens is 292 g/mol. The summed E-state index contributed by atoms with van der Waals surface area (Å²) in [4.78, 5) is 11.9. The zero-order chi connectivity index (χ0) is 16.2. The minimum atomic E-state index is -4.08. The molecule has 0 radical (unpaired) electrons. The van der Waals surface area contributed by atoms with Gasteiger partial charge in [-0.05, 0) is 36.8 Å². The van der Waals surface area contributed by atoms with Crippen LogP contribution in [0.1, 0.15) is 18.4 Å². The lowest BCUT2D eigenvalue weighted by Gasteiger charge is -2.11. The smallest absolute Gasteiger partial charge is 0.318 e. The molecule has 21 heavy (non-hydrogen) atoms. The molecule has 0 aliphatic rings. The van der Waals surface area contributed by atoms with Gasteiger partial charge in [-0.15, -0.1) is 0 Å². The minimum Gasteiger partial charge on any atom is -0.426 e. The second-order valence-corrected chi connectivity index (χ2v) is 5.86. The van der Waals surface area contributed by atoms with E-state index in [0.717, 1.165) is 5.56 Å². The lowest BCUT2D eigenvalue weighted by molar-refractivity contribution is -0.135. The van der Waals surface area contributed by atoms with Crippen molar-refractivity contribution in [2.24, 2.45) is 0 Å². The van der Waals surface area contributed by atoms with E-state index in [9.17, 15) is 13.2 Å². The summed E-state index contributed by atoms with van der Waals surface area (Å²) in [6.45, 7) is 1.73. The summed E-state index contributed by atoms with van der Waals surface area (Å²) in [5.41, 5.74) is 0.828. The third-order valence-electron chi connectivity index (χ3n) is 2.98. The molecule has 0 aromatic heterocycles. The van der Waals surface area contributed by atoms with Crippen LogP contribution in [0.3, 0.4) is 0 Å². The highest BCUT2D eigenvalue weighted by Crippen LogP contribution is 2.20. The molecule has 2 aromatic carbocycles. The maximum atomic E-state index is 12.1. The highest BCUT2D eigenvalue weighted by atomic mass is 32.2. The summed E-state index contributed by atoms with van der Waals surface area (Å²) in [7, 11) is -4.08. The van der Waals surface area contributed by atoms with Crippen LogP contribution in [0.5, 0.6) is 5.75 Å². The molecule has 0 fully saturated rings. The van der Waals surface area contributed by atoms with E-state index in [1.54, 1.807) is 6.92 Å². The van der Waals surface area contributed by atoms with Crippen LogP contribution in [0.25, 0.3) is 1.43 Å². The molecule has 0 amide bonds. The third-order valence-corrected chi connectivity index (χ3v) is 3.83. The van der Waals surface area contributed by atoms with E-state index in [0.29, 0.717) is 0 Å². The Morgan fingerprint density at radius 3 is 2.33 bits per heavy atom. The van der Waals surface area contributed by atoms with E-state index >= 15 is 0 Å². The van der Waals surface area contributed by atoms with Gasteiger partial charge in [-0.1, -0.05) is 30.3 Å². The molecule has 1 N–H and O–H groups in total. The Hall–Kier alpha value is -2.18. The maximum Gasteiger partial charge on any atom is 0.318 e. The molecule has 2 aromatic rings. The molecule has 1 unspecified atom stereocenters. The van der Waals surface area contributed by atoms with Crippen LogP contribution >= 0.6 is 0 Å². The Kier molecular flexibility index (Phi) is 3.98. The normalized spacial score (nSPS) is 13.3.